The number of oxazole rings is 1. The zero-order valence-electron chi connectivity index (χ0n) is 18.7. The molecule has 0 atom stereocenters. The minimum absolute atomic E-state index is 0.203. The molecule has 0 aliphatic carbocycles. The van der Waals surface area contributed by atoms with E-state index in [0.29, 0.717) is 45.2 Å². The molecule has 0 fully saturated rings. The summed E-state index contributed by atoms with van der Waals surface area (Å²) < 4.78 is 27.4. The smallest absolute Gasteiger partial charge is 0.231 e. The molecule has 0 radical (unpaired) electrons. The first-order valence-electron chi connectivity index (χ1n) is 10.1. The van der Waals surface area contributed by atoms with Gasteiger partial charge in [-0.2, -0.15) is 0 Å². The van der Waals surface area contributed by atoms with Gasteiger partial charge in [0.25, 0.3) is 0 Å². The molecule has 0 amide bonds. The summed E-state index contributed by atoms with van der Waals surface area (Å²) in [5, 5.41) is 0. The summed E-state index contributed by atoms with van der Waals surface area (Å²) >= 11 is 0. The van der Waals surface area contributed by atoms with Crippen LogP contribution in [0.5, 0.6) is 23.0 Å². The molecular weight excluding hydrogens is 422 g/mol. The van der Waals surface area contributed by atoms with Crippen molar-refractivity contribution in [2.45, 2.75) is 0 Å². The van der Waals surface area contributed by atoms with E-state index >= 15 is 0 Å². The Morgan fingerprint density at radius 2 is 1.58 bits per heavy atom. The van der Waals surface area contributed by atoms with E-state index in [0.717, 1.165) is 0 Å². The second-order valence-electron chi connectivity index (χ2n) is 7.05. The van der Waals surface area contributed by atoms with Gasteiger partial charge in [0.15, 0.2) is 22.9 Å². The highest BCUT2D eigenvalue weighted by Crippen LogP contribution is 2.33. The second kappa shape index (κ2) is 9.48. The number of methoxy groups -OCH3 is 4. The molecular formula is C26H23NO6. The van der Waals surface area contributed by atoms with Crippen molar-refractivity contribution in [1.29, 1.82) is 0 Å². The van der Waals surface area contributed by atoms with Crippen molar-refractivity contribution in [2.75, 3.05) is 28.4 Å². The first-order valence-corrected chi connectivity index (χ1v) is 10.1. The van der Waals surface area contributed by atoms with Gasteiger partial charge in [0.05, 0.1) is 34.0 Å². The largest absolute Gasteiger partial charge is 0.497 e. The number of allylic oxidation sites excluding steroid dienone is 1. The van der Waals surface area contributed by atoms with Crippen LogP contribution < -0.4 is 18.9 Å². The molecule has 33 heavy (non-hydrogen) atoms. The summed E-state index contributed by atoms with van der Waals surface area (Å²) in [4.78, 5) is 18.2. The number of rotatable bonds is 8. The first-order chi connectivity index (χ1) is 16.1. The zero-order valence-corrected chi connectivity index (χ0v) is 18.7. The Bertz CT molecular complexity index is 1300. The number of fused-ring (bicyclic) bond motifs is 1. The van der Waals surface area contributed by atoms with Gasteiger partial charge < -0.3 is 23.4 Å². The Kier molecular flexibility index (Phi) is 6.31. The fraction of sp³-hybridized carbons (Fsp3) is 0.154. The van der Waals surface area contributed by atoms with Crippen molar-refractivity contribution < 1.29 is 28.2 Å². The molecule has 3 aromatic carbocycles. The second-order valence-corrected chi connectivity index (χ2v) is 7.05. The van der Waals surface area contributed by atoms with E-state index in [1.165, 1.54) is 7.11 Å². The van der Waals surface area contributed by atoms with Crippen LogP contribution in [0.1, 0.15) is 21.8 Å². The van der Waals surface area contributed by atoms with Crippen molar-refractivity contribution in [3.05, 3.63) is 77.7 Å². The third-order valence-electron chi connectivity index (χ3n) is 5.16. The number of ether oxygens (including phenoxy) is 4. The quantitative estimate of drug-likeness (QED) is 0.269. The van der Waals surface area contributed by atoms with E-state index < -0.39 is 0 Å². The van der Waals surface area contributed by atoms with Crippen LogP contribution >= 0.6 is 0 Å². The minimum Gasteiger partial charge on any atom is -0.497 e. The number of hydrogen-bond acceptors (Lipinski definition) is 7. The Labute approximate surface area is 191 Å². The van der Waals surface area contributed by atoms with E-state index in [4.69, 9.17) is 23.4 Å². The van der Waals surface area contributed by atoms with Gasteiger partial charge in [-0.1, -0.05) is 12.1 Å². The highest BCUT2D eigenvalue weighted by molar-refractivity contribution is 6.31. The SMILES string of the molecule is COc1ccc(C=C(C(=O)c2ccc(OC)c(OC)c2)c2nc3ccccc3o2)c(OC)c1. The number of benzene rings is 3. The molecule has 4 rings (SSSR count). The standard InChI is InChI=1S/C26H23NO6/c1-29-18-11-9-16(23(15-18)31-3)13-19(26-27-20-7-5-6-8-21(20)33-26)25(28)17-10-12-22(30-2)24(14-17)32-4/h5-15H,1-4H3. The summed E-state index contributed by atoms with van der Waals surface area (Å²) in [5.41, 5.74) is 2.57. The van der Waals surface area contributed by atoms with Crippen LogP contribution in [0, 0.1) is 0 Å². The first kappa shape index (κ1) is 22.0. The van der Waals surface area contributed by atoms with Crippen molar-refractivity contribution in [1.82, 2.24) is 4.98 Å². The predicted octanol–water partition coefficient (Wildman–Crippen LogP) is 5.29. The van der Waals surface area contributed by atoms with Crippen LogP contribution in [0.2, 0.25) is 0 Å². The Balaban J connectivity index is 1.88. The maximum absolute atomic E-state index is 13.7. The number of aromatic nitrogens is 1. The van der Waals surface area contributed by atoms with E-state index in [-0.39, 0.29) is 17.2 Å². The normalized spacial score (nSPS) is 11.3. The maximum atomic E-state index is 13.7. The zero-order chi connectivity index (χ0) is 23.4. The molecule has 0 spiro atoms. The lowest BCUT2D eigenvalue weighted by atomic mass is 10.00. The van der Waals surface area contributed by atoms with Crippen molar-refractivity contribution >= 4 is 28.5 Å². The van der Waals surface area contributed by atoms with Gasteiger partial charge in [0.1, 0.15) is 17.0 Å². The lowest BCUT2D eigenvalue weighted by Gasteiger charge is -2.11. The summed E-state index contributed by atoms with van der Waals surface area (Å²) in [5.74, 6) is 2.07. The number of para-hydroxylation sites is 2. The predicted molar refractivity (Wildman–Crippen MR) is 125 cm³/mol. The van der Waals surface area contributed by atoms with Crippen molar-refractivity contribution in [3.63, 3.8) is 0 Å². The van der Waals surface area contributed by atoms with Gasteiger partial charge in [0, 0.05) is 17.2 Å². The van der Waals surface area contributed by atoms with E-state index in [1.54, 1.807) is 63.8 Å². The third kappa shape index (κ3) is 4.39. The van der Waals surface area contributed by atoms with E-state index in [1.807, 2.05) is 24.3 Å². The molecule has 168 valence electrons. The topological polar surface area (TPSA) is 80.0 Å². The van der Waals surface area contributed by atoms with Crippen LogP contribution in [-0.2, 0) is 0 Å². The lowest BCUT2D eigenvalue weighted by molar-refractivity contribution is 0.105. The number of hydrogen-bond donors (Lipinski definition) is 0. The highest BCUT2D eigenvalue weighted by Gasteiger charge is 2.22. The van der Waals surface area contributed by atoms with Crippen LogP contribution in [0.3, 0.4) is 0 Å². The highest BCUT2D eigenvalue weighted by atomic mass is 16.5. The molecule has 4 aromatic rings. The molecule has 1 heterocycles. The Morgan fingerprint density at radius 1 is 0.818 bits per heavy atom. The molecule has 0 N–H and O–H groups in total. The molecule has 0 bridgehead atoms. The van der Waals surface area contributed by atoms with Crippen molar-refractivity contribution in [3.8, 4) is 23.0 Å². The Morgan fingerprint density at radius 3 is 2.27 bits per heavy atom. The van der Waals surface area contributed by atoms with E-state index in [2.05, 4.69) is 4.98 Å². The number of Topliss-reactive ketones (excluding diaryl/α,β-unsaturated/α-hetero) is 1. The monoisotopic (exact) mass is 445 g/mol. The maximum Gasteiger partial charge on any atom is 0.231 e. The van der Waals surface area contributed by atoms with Gasteiger partial charge in [-0.3, -0.25) is 4.79 Å². The minimum atomic E-state index is -0.291. The molecule has 0 saturated heterocycles. The lowest BCUT2D eigenvalue weighted by Crippen LogP contribution is -2.05. The molecule has 0 aliphatic rings. The van der Waals surface area contributed by atoms with Gasteiger partial charge >= 0.3 is 0 Å². The third-order valence-corrected chi connectivity index (χ3v) is 5.16. The summed E-state index contributed by atoms with van der Waals surface area (Å²) in [6, 6.07) is 17.7. The van der Waals surface area contributed by atoms with Crippen LogP contribution in [0.15, 0.2) is 65.1 Å². The molecule has 0 saturated carbocycles. The molecule has 7 nitrogen and oxygen atoms in total. The number of carbonyl (C=O) groups is 1. The summed E-state index contributed by atoms with van der Waals surface area (Å²) in [7, 11) is 6.20. The van der Waals surface area contributed by atoms with Gasteiger partial charge in [-0.15, -0.1) is 0 Å². The van der Waals surface area contributed by atoms with Crippen LogP contribution in [0.25, 0.3) is 22.7 Å². The molecule has 7 heteroatoms. The molecule has 0 unspecified atom stereocenters. The van der Waals surface area contributed by atoms with Gasteiger partial charge in [-0.25, -0.2) is 4.98 Å². The van der Waals surface area contributed by atoms with Crippen LogP contribution in [-0.4, -0.2) is 39.2 Å². The fourth-order valence-electron chi connectivity index (χ4n) is 3.44. The molecule has 0 aliphatic heterocycles. The average molecular weight is 445 g/mol. The fourth-order valence-corrected chi connectivity index (χ4v) is 3.44. The van der Waals surface area contributed by atoms with Crippen LogP contribution in [0.4, 0.5) is 0 Å². The average Bonchev–Trinajstić information content (AvgIpc) is 3.30. The number of ketones is 1. The summed E-state index contributed by atoms with van der Waals surface area (Å²) in [6.07, 6.45) is 1.70. The number of nitrogens with zero attached hydrogens (tertiary/aromatic N) is 1. The Hall–Kier alpha value is -4.26. The summed E-state index contributed by atoms with van der Waals surface area (Å²) in [6.45, 7) is 0. The van der Waals surface area contributed by atoms with Crippen molar-refractivity contribution in [2.24, 2.45) is 0 Å². The van der Waals surface area contributed by atoms with E-state index in [9.17, 15) is 4.79 Å². The molecule has 1 aromatic heterocycles. The number of carbonyl (C=O) groups excluding carboxylic acids is 1. The van der Waals surface area contributed by atoms with Gasteiger partial charge in [0.2, 0.25) is 5.89 Å². The van der Waals surface area contributed by atoms with Gasteiger partial charge in [-0.05, 0) is 48.5 Å².